The largest absolute Gasteiger partial charge is 0.493 e. The first-order valence-corrected chi connectivity index (χ1v) is 7.94. The summed E-state index contributed by atoms with van der Waals surface area (Å²) in [5.74, 6) is 2.11. The molecule has 5 heteroatoms. The number of fused-ring (bicyclic) bond motifs is 1. The molecule has 5 nitrogen and oxygen atoms in total. The third kappa shape index (κ3) is 3.45. The molecule has 1 aliphatic heterocycles. The lowest BCUT2D eigenvalue weighted by Gasteiger charge is -2.12. The zero-order valence-corrected chi connectivity index (χ0v) is 13.9. The monoisotopic (exact) mass is 327 g/mol. The molecule has 1 amide bonds. The summed E-state index contributed by atoms with van der Waals surface area (Å²) in [5, 5.41) is 2.94. The predicted molar refractivity (Wildman–Crippen MR) is 90.8 cm³/mol. The lowest BCUT2D eigenvalue weighted by Crippen LogP contribution is -2.38. The highest BCUT2D eigenvalue weighted by Crippen LogP contribution is 2.29. The van der Waals surface area contributed by atoms with Crippen LogP contribution in [0.3, 0.4) is 0 Å². The Bertz CT molecular complexity index is 704. The van der Waals surface area contributed by atoms with Crippen molar-refractivity contribution in [1.29, 1.82) is 0 Å². The number of nitrogens with one attached hydrogen (secondary N) is 1. The lowest BCUT2D eigenvalue weighted by molar-refractivity contribution is -0.127. The first-order valence-electron chi connectivity index (χ1n) is 7.94. The summed E-state index contributed by atoms with van der Waals surface area (Å²) in [6.45, 7) is 0.546. The highest BCUT2D eigenvalue weighted by Gasteiger charge is 2.28. The molecule has 0 spiro atoms. The Morgan fingerprint density at radius 2 is 1.96 bits per heavy atom. The van der Waals surface area contributed by atoms with Gasteiger partial charge in [-0.1, -0.05) is 24.3 Å². The number of carbonyl (C=O) groups excluding carboxylic acids is 1. The molecule has 126 valence electrons. The zero-order valence-electron chi connectivity index (χ0n) is 13.9. The Kier molecular flexibility index (Phi) is 4.89. The Morgan fingerprint density at radius 3 is 2.71 bits per heavy atom. The number of para-hydroxylation sites is 1. The van der Waals surface area contributed by atoms with Crippen LogP contribution in [0.4, 0.5) is 0 Å². The number of benzene rings is 2. The van der Waals surface area contributed by atoms with Crippen molar-refractivity contribution in [2.75, 3.05) is 20.8 Å². The Hall–Kier alpha value is -2.69. The molecule has 1 heterocycles. The molecule has 1 N–H and O–H groups in total. The molecule has 3 rings (SSSR count). The third-order valence-electron chi connectivity index (χ3n) is 4.10. The van der Waals surface area contributed by atoms with E-state index in [0.717, 1.165) is 16.9 Å². The van der Waals surface area contributed by atoms with E-state index in [1.165, 1.54) is 0 Å². The van der Waals surface area contributed by atoms with Gasteiger partial charge in [-0.3, -0.25) is 4.79 Å². The van der Waals surface area contributed by atoms with Crippen molar-refractivity contribution in [3.05, 3.63) is 53.6 Å². The van der Waals surface area contributed by atoms with Crippen LogP contribution in [0.15, 0.2) is 42.5 Å². The van der Waals surface area contributed by atoms with Gasteiger partial charge >= 0.3 is 0 Å². The van der Waals surface area contributed by atoms with Crippen LogP contribution in [-0.4, -0.2) is 32.8 Å². The van der Waals surface area contributed by atoms with E-state index in [1.807, 2.05) is 42.5 Å². The minimum Gasteiger partial charge on any atom is -0.493 e. The molecule has 1 aliphatic rings. The van der Waals surface area contributed by atoms with Gasteiger partial charge in [-0.2, -0.15) is 0 Å². The van der Waals surface area contributed by atoms with Crippen molar-refractivity contribution < 1.29 is 19.0 Å². The van der Waals surface area contributed by atoms with E-state index in [2.05, 4.69) is 5.32 Å². The van der Waals surface area contributed by atoms with Crippen molar-refractivity contribution >= 4 is 5.91 Å². The summed E-state index contributed by atoms with van der Waals surface area (Å²) in [6, 6.07) is 13.5. The molecule has 2 aromatic carbocycles. The minimum atomic E-state index is -0.437. The van der Waals surface area contributed by atoms with Gasteiger partial charge in [0.15, 0.2) is 17.6 Å². The van der Waals surface area contributed by atoms with Crippen LogP contribution >= 0.6 is 0 Å². The van der Waals surface area contributed by atoms with Crippen LogP contribution in [0, 0.1) is 0 Å². The number of methoxy groups -OCH3 is 2. The van der Waals surface area contributed by atoms with Crippen LogP contribution in [0.5, 0.6) is 17.2 Å². The first-order chi connectivity index (χ1) is 11.7. The van der Waals surface area contributed by atoms with Crippen molar-refractivity contribution in [3.63, 3.8) is 0 Å². The quantitative estimate of drug-likeness (QED) is 0.885. The SMILES string of the molecule is COc1ccc(CCNC(=O)[C@@H]2Cc3ccccc3O2)cc1OC. The Morgan fingerprint density at radius 1 is 1.17 bits per heavy atom. The van der Waals surface area contributed by atoms with Crippen LogP contribution in [0.1, 0.15) is 11.1 Å². The van der Waals surface area contributed by atoms with Crippen LogP contribution in [-0.2, 0) is 17.6 Å². The van der Waals surface area contributed by atoms with E-state index in [1.54, 1.807) is 14.2 Å². The number of ether oxygens (including phenoxy) is 3. The van der Waals surface area contributed by atoms with Gasteiger partial charge < -0.3 is 19.5 Å². The van der Waals surface area contributed by atoms with Crippen molar-refractivity contribution in [2.24, 2.45) is 0 Å². The summed E-state index contributed by atoms with van der Waals surface area (Å²) in [5.41, 5.74) is 2.15. The number of rotatable bonds is 6. The molecule has 0 aromatic heterocycles. The summed E-state index contributed by atoms with van der Waals surface area (Å²) < 4.78 is 16.2. The van der Waals surface area contributed by atoms with E-state index in [9.17, 15) is 4.79 Å². The summed E-state index contributed by atoms with van der Waals surface area (Å²) in [7, 11) is 3.22. The average Bonchev–Trinajstić information content (AvgIpc) is 3.05. The van der Waals surface area contributed by atoms with E-state index in [-0.39, 0.29) is 5.91 Å². The van der Waals surface area contributed by atoms with Gasteiger partial charge in [0.25, 0.3) is 5.91 Å². The maximum atomic E-state index is 12.2. The van der Waals surface area contributed by atoms with Crippen molar-refractivity contribution in [3.8, 4) is 17.2 Å². The predicted octanol–water partition coefficient (Wildman–Crippen LogP) is 2.37. The van der Waals surface area contributed by atoms with Gasteiger partial charge in [0.1, 0.15) is 5.75 Å². The summed E-state index contributed by atoms with van der Waals surface area (Å²) >= 11 is 0. The van der Waals surface area contributed by atoms with E-state index < -0.39 is 6.10 Å². The molecule has 0 unspecified atom stereocenters. The topological polar surface area (TPSA) is 56.8 Å². The highest BCUT2D eigenvalue weighted by atomic mass is 16.5. The fourth-order valence-electron chi connectivity index (χ4n) is 2.81. The molecule has 0 fully saturated rings. The molecule has 0 radical (unpaired) electrons. The molecular formula is C19H21NO4. The number of hydrogen-bond donors (Lipinski definition) is 1. The molecule has 0 bridgehead atoms. The Balaban J connectivity index is 1.51. The smallest absolute Gasteiger partial charge is 0.261 e. The minimum absolute atomic E-state index is 0.0772. The second kappa shape index (κ2) is 7.25. The average molecular weight is 327 g/mol. The number of carbonyl (C=O) groups is 1. The Labute approximate surface area is 141 Å². The van der Waals surface area contributed by atoms with Crippen LogP contribution in [0.2, 0.25) is 0 Å². The van der Waals surface area contributed by atoms with E-state index in [4.69, 9.17) is 14.2 Å². The maximum absolute atomic E-state index is 12.2. The molecule has 24 heavy (non-hydrogen) atoms. The molecular weight excluding hydrogens is 306 g/mol. The van der Waals surface area contributed by atoms with Crippen LogP contribution in [0.25, 0.3) is 0 Å². The van der Waals surface area contributed by atoms with Crippen molar-refractivity contribution in [1.82, 2.24) is 5.32 Å². The molecule has 0 saturated heterocycles. The van der Waals surface area contributed by atoms with Gasteiger partial charge in [0, 0.05) is 13.0 Å². The van der Waals surface area contributed by atoms with E-state index in [0.29, 0.717) is 30.9 Å². The number of hydrogen-bond acceptors (Lipinski definition) is 4. The standard InChI is InChI=1S/C19H21NO4/c1-22-16-8-7-13(11-17(16)23-2)9-10-20-19(21)18-12-14-5-3-4-6-15(14)24-18/h3-8,11,18H,9-10,12H2,1-2H3,(H,20,21)/t18-/m0/s1. The fourth-order valence-corrected chi connectivity index (χ4v) is 2.81. The summed E-state index contributed by atoms with van der Waals surface area (Å²) in [4.78, 5) is 12.2. The van der Waals surface area contributed by atoms with Gasteiger partial charge in [0.05, 0.1) is 14.2 Å². The van der Waals surface area contributed by atoms with Gasteiger partial charge in [-0.25, -0.2) is 0 Å². The molecule has 0 aliphatic carbocycles. The van der Waals surface area contributed by atoms with Gasteiger partial charge in [0.2, 0.25) is 0 Å². The van der Waals surface area contributed by atoms with Crippen molar-refractivity contribution in [2.45, 2.75) is 18.9 Å². The summed E-state index contributed by atoms with van der Waals surface area (Å²) in [6.07, 6.45) is 0.900. The molecule has 0 saturated carbocycles. The molecule has 2 aromatic rings. The molecule has 1 atom stereocenters. The lowest BCUT2D eigenvalue weighted by atomic mass is 10.1. The fraction of sp³-hybridized carbons (Fsp3) is 0.316. The highest BCUT2D eigenvalue weighted by molar-refractivity contribution is 5.82. The first kappa shape index (κ1) is 16.2. The van der Waals surface area contributed by atoms with Crippen LogP contribution < -0.4 is 19.5 Å². The second-order valence-corrected chi connectivity index (χ2v) is 5.65. The maximum Gasteiger partial charge on any atom is 0.261 e. The van der Waals surface area contributed by atoms with Gasteiger partial charge in [-0.15, -0.1) is 0 Å². The third-order valence-corrected chi connectivity index (χ3v) is 4.10. The second-order valence-electron chi connectivity index (χ2n) is 5.65. The van der Waals surface area contributed by atoms with Gasteiger partial charge in [-0.05, 0) is 35.7 Å². The normalized spacial score (nSPS) is 15.3. The van der Waals surface area contributed by atoms with E-state index >= 15 is 0 Å². The zero-order chi connectivity index (χ0) is 16.9. The number of amides is 1.